The van der Waals surface area contributed by atoms with E-state index in [1.165, 1.54) is 16.5 Å². The van der Waals surface area contributed by atoms with Crippen molar-refractivity contribution in [2.24, 2.45) is 0 Å². The van der Waals surface area contributed by atoms with Gasteiger partial charge in [0.25, 0.3) is 0 Å². The molecule has 0 spiro atoms. The number of furan rings is 1. The topological polar surface area (TPSA) is 77.8 Å². The van der Waals surface area contributed by atoms with Crippen molar-refractivity contribution in [1.29, 1.82) is 0 Å². The standard InChI is InChI=1S/C56H32N4O2/c1-2-8-33(9-3-1)39-17-18-41-30-43(22-19-40(41)28-39)54-58-53(42-20-14-34-10-4-6-12-37(34)29-42)59-55(60-54)44-21-16-36-24-26-48-50(46(36)32-44)51-49(61-48)27-25-47-52(51)62-56(57-47)45-23-15-35-11-5-7-13-38(35)31-45/h1-32H. The van der Waals surface area contributed by atoms with Crippen LogP contribution >= 0.6 is 0 Å². The van der Waals surface area contributed by atoms with E-state index in [1.807, 2.05) is 36.4 Å². The van der Waals surface area contributed by atoms with E-state index in [4.69, 9.17) is 28.8 Å². The van der Waals surface area contributed by atoms with Crippen LogP contribution in [-0.2, 0) is 0 Å². The zero-order valence-electron chi connectivity index (χ0n) is 33.1. The molecular formula is C56H32N4O2. The lowest BCUT2D eigenvalue weighted by molar-refractivity contribution is 0.622. The highest BCUT2D eigenvalue weighted by atomic mass is 16.4. The van der Waals surface area contributed by atoms with Gasteiger partial charge in [0.1, 0.15) is 16.7 Å². The number of nitrogens with zero attached hydrogens (tertiary/aromatic N) is 4. The zero-order chi connectivity index (χ0) is 40.7. The highest BCUT2D eigenvalue weighted by Gasteiger charge is 2.20. The molecule has 62 heavy (non-hydrogen) atoms. The Balaban J connectivity index is 0.984. The van der Waals surface area contributed by atoms with Crippen LogP contribution in [0, 0.1) is 0 Å². The van der Waals surface area contributed by atoms with Gasteiger partial charge in [-0.2, -0.15) is 0 Å². The molecule has 13 aromatic rings. The smallest absolute Gasteiger partial charge is 0.227 e. The molecule has 6 nitrogen and oxygen atoms in total. The van der Waals surface area contributed by atoms with Gasteiger partial charge in [-0.1, -0.05) is 140 Å². The summed E-state index contributed by atoms with van der Waals surface area (Å²) in [5.74, 6) is 2.35. The van der Waals surface area contributed by atoms with Crippen molar-refractivity contribution in [3.8, 4) is 56.7 Å². The van der Waals surface area contributed by atoms with E-state index < -0.39 is 0 Å². The van der Waals surface area contributed by atoms with Crippen LogP contribution in [0.1, 0.15) is 0 Å². The highest BCUT2D eigenvalue weighted by molar-refractivity contribution is 6.25. The molecule has 0 aliphatic carbocycles. The molecule has 0 N–H and O–H groups in total. The summed E-state index contributed by atoms with van der Waals surface area (Å²) in [6, 6.07) is 67.3. The minimum atomic E-state index is 0.567. The predicted octanol–water partition coefficient (Wildman–Crippen LogP) is 14.9. The third kappa shape index (κ3) is 5.65. The van der Waals surface area contributed by atoms with Crippen LogP contribution in [0.2, 0.25) is 0 Å². The molecule has 0 radical (unpaired) electrons. The molecule has 0 amide bonds. The van der Waals surface area contributed by atoms with Crippen LogP contribution < -0.4 is 0 Å². The summed E-state index contributed by atoms with van der Waals surface area (Å²) in [5.41, 5.74) is 8.94. The van der Waals surface area contributed by atoms with Gasteiger partial charge in [-0.05, 0) is 109 Å². The first-order valence-electron chi connectivity index (χ1n) is 20.7. The Bertz CT molecular complexity index is 3940. The SMILES string of the molecule is c1ccc(-c2ccc3cc(-c4nc(-c5ccc6ccccc6c5)nc(-c5ccc6ccc7oc8ccc9nc(-c%10ccc%11ccccc%11c%10)oc9c8c7c6c5)n4)ccc3c2)cc1. The highest BCUT2D eigenvalue weighted by Crippen LogP contribution is 2.41. The minimum absolute atomic E-state index is 0.567. The molecule has 0 atom stereocenters. The number of fused-ring (bicyclic) bond motifs is 10. The molecule has 3 heterocycles. The van der Waals surface area contributed by atoms with Crippen LogP contribution in [0.15, 0.2) is 203 Å². The first kappa shape index (κ1) is 34.4. The normalized spacial score (nSPS) is 11.9. The van der Waals surface area contributed by atoms with Crippen molar-refractivity contribution in [3.05, 3.63) is 194 Å². The Morgan fingerprint density at radius 1 is 0.290 bits per heavy atom. The number of hydrogen-bond donors (Lipinski definition) is 0. The van der Waals surface area contributed by atoms with Gasteiger partial charge < -0.3 is 8.83 Å². The Morgan fingerprint density at radius 3 is 1.44 bits per heavy atom. The van der Waals surface area contributed by atoms with Gasteiger partial charge >= 0.3 is 0 Å². The Morgan fingerprint density at radius 2 is 0.758 bits per heavy atom. The summed E-state index contributed by atoms with van der Waals surface area (Å²) >= 11 is 0. The third-order valence-corrected chi connectivity index (χ3v) is 12.1. The van der Waals surface area contributed by atoms with E-state index in [-0.39, 0.29) is 0 Å². The summed E-state index contributed by atoms with van der Waals surface area (Å²) in [6.07, 6.45) is 0. The van der Waals surface area contributed by atoms with E-state index in [0.29, 0.717) is 28.9 Å². The van der Waals surface area contributed by atoms with Gasteiger partial charge in [0.05, 0.1) is 5.39 Å². The number of oxazole rings is 1. The van der Waals surface area contributed by atoms with E-state index in [2.05, 4.69) is 158 Å². The lowest BCUT2D eigenvalue weighted by Gasteiger charge is -2.11. The van der Waals surface area contributed by atoms with Crippen LogP contribution in [0.25, 0.3) is 133 Å². The Kier molecular flexibility index (Phi) is 7.50. The third-order valence-electron chi connectivity index (χ3n) is 12.1. The number of benzene rings is 10. The summed E-state index contributed by atoms with van der Waals surface area (Å²) in [4.78, 5) is 20.5. The van der Waals surface area contributed by atoms with E-state index >= 15 is 0 Å². The molecule has 0 unspecified atom stereocenters. The van der Waals surface area contributed by atoms with Crippen molar-refractivity contribution in [2.45, 2.75) is 0 Å². The molecule has 0 aliphatic rings. The van der Waals surface area contributed by atoms with Crippen molar-refractivity contribution < 1.29 is 8.83 Å². The average Bonchev–Trinajstić information content (AvgIpc) is 3.96. The lowest BCUT2D eigenvalue weighted by Crippen LogP contribution is -2.00. The van der Waals surface area contributed by atoms with Crippen molar-refractivity contribution in [3.63, 3.8) is 0 Å². The van der Waals surface area contributed by atoms with Crippen molar-refractivity contribution in [1.82, 2.24) is 19.9 Å². The van der Waals surface area contributed by atoms with Gasteiger partial charge in [-0.15, -0.1) is 0 Å². The maximum Gasteiger partial charge on any atom is 0.227 e. The molecule has 288 valence electrons. The monoisotopic (exact) mass is 792 g/mol. The fourth-order valence-electron chi connectivity index (χ4n) is 8.93. The summed E-state index contributed by atoms with van der Waals surface area (Å²) in [7, 11) is 0. The van der Waals surface area contributed by atoms with E-state index in [1.54, 1.807) is 0 Å². The maximum atomic E-state index is 6.66. The number of hydrogen-bond acceptors (Lipinski definition) is 6. The first-order chi connectivity index (χ1) is 30.6. The van der Waals surface area contributed by atoms with Gasteiger partial charge in [-0.3, -0.25) is 0 Å². The summed E-state index contributed by atoms with van der Waals surface area (Å²) in [6.45, 7) is 0. The fraction of sp³-hybridized carbons (Fsp3) is 0. The van der Waals surface area contributed by atoms with Crippen molar-refractivity contribution in [2.75, 3.05) is 0 Å². The molecule has 0 aliphatic heterocycles. The Hall–Kier alpha value is -8.48. The van der Waals surface area contributed by atoms with Crippen LogP contribution in [0.4, 0.5) is 0 Å². The van der Waals surface area contributed by atoms with E-state index in [9.17, 15) is 0 Å². The van der Waals surface area contributed by atoms with Gasteiger partial charge in [-0.25, -0.2) is 19.9 Å². The van der Waals surface area contributed by atoms with Crippen LogP contribution in [0.3, 0.4) is 0 Å². The van der Waals surface area contributed by atoms with E-state index in [0.717, 1.165) is 87.4 Å². The zero-order valence-corrected chi connectivity index (χ0v) is 33.1. The van der Waals surface area contributed by atoms with Crippen LogP contribution in [0.5, 0.6) is 0 Å². The maximum absolute atomic E-state index is 6.66. The molecular weight excluding hydrogens is 761 g/mol. The molecule has 0 saturated carbocycles. The Labute approximate surface area is 354 Å². The minimum Gasteiger partial charge on any atom is -0.456 e. The summed E-state index contributed by atoms with van der Waals surface area (Å²) in [5, 5.41) is 10.7. The molecule has 10 aromatic carbocycles. The van der Waals surface area contributed by atoms with Gasteiger partial charge in [0, 0.05) is 27.6 Å². The molecule has 0 bridgehead atoms. The van der Waals surface area contributed by atoms with Crippen molar-refractivity contribution >= 4 is 76.1 Å². The second-order valence-electron chi connectivity index (χ2n) is 15.9. The molecule has 6 heteroatoms. The quantitative estimate of drug-likeness (QED) is 0.173. The fourth-order valence-corrected chi connectivity index (χ4v) is 8.93. The second-order valence-corrected chi connectivity index (χ2v) is 15.9. The first-order valence-corrected chi connectivity index (χ1v) is 20.7. The summed E-state index contributed by atoms with van der Waals surface area (Å²) < 4.78 is 13.2. The van der Waals surface area contributed by atoms with Gasteiger partial charge in [0.2, 0.25) is 5.89 Å². The number of rotatable bonds is 5. The molecule has 3 aromatic heterocycles. The molecule has 0 saturated heterocycles. The average molecular weight is 793 g/mol. The van der Waals surface area contributed by atoms with Crippen LogP contribution in [-0.4, -0.2) is 19.9 Å². The second kappa shape index (κ2) is 13.5. The lowest BCUT2D eigenvalue weighted by atomic mass is 9.99. The molecule has 13 rings (SSSR count). The largest absolute Gasteiger partial charge is 0.456 e. The number of aromatic nitrogens is 4. The molecule has 0 fully saturated rings. The predicted molar refractivity (Wildman–Crippen MR) is 252 cm³/mol. The van der Waals surface area contributed by atoms with Gasteiger partial charge in [0.15, 0.2) is 23.1 Å².